The van der Waals surface area contributed by atoms with Gasteiger partial charge in [0.05, 0.1) is 28.7 Å². The van der Waals surface area contributed by atoms with Crippen LogP contribution in [0.2, 0.25) is 0 Å². The molecule has 7 nitrogen and oxygen atoms in total. The van der Waals surface area contributed by atoms with Gasteiger partial charge in [0.15, 0.2) is 0 Å². The zero-order chi connectivity index (χ0) is 22.4. The molecule has 4 aromatic rings. The van der Waals surface area contributed by atoms with Gasteiger partial charge < -0.3 is 10.1 Å². The van der Waals surface area contributed by atoms with Crippen molar-refractivity contribution in [2.45, 2.75) is 46.2 Å². The first-order chi connectivity index (χ1) is 14.8. The molecule has 0 radical (unpaired) electrons. The summed E-state index contributed by atoms with van der Waals surface area (Å²) in [7, 11) is 0. The van der Waals surface area contributed by atoms with Crippen molar-refractivity contribution in [1.29, 1.82) is 5.26 Å². The largest absolute Gasteiger partial charge is 0.480 e. The fourth-order valence-electron chi connectivity index (χ4n) is 4.62. The van der Waals surface area contributed by atoms with Gasteiger partial charge in [-0.25, -0.2) is 9.59 Å². The summed E-state index contributed by atoms with van der Waals surface area (Å²) in [5.74, 6) is -1.07. The van der Waals surface area contributed by atoms with Crippen LogP contribution in [0.5, 0.6) is 0 Å². The van der Waals surface area contributed by atoms with Gasteiger partial charge in [-0.3, -0.25) is 9.13 Å². The summed E-state index contributed by atoms with van der Waals surface area (Å²) in [6.45, 7) is 7.75. The van der Waals surface area contributed by atoms with Gasteiger partial charge in [0.1, 0.15) is 6.04 Å². The lowest BCUT2D eigenvalue weighted by Crippen LogP contribution is -2.32. The molecule has 0 saturated carbocycles. The number of hydrogen-bond donors (Lipinski definition) is 2. The van der Waals surface area contributed by atoms with Crippen LogP contribution < -0.4 is 5.69 Å². The van der Waals surface area contributed by atoms with Crippen molar-refractivity contribution >= 4 is 27.9 Å². The second kappa shape index (κ2) is 7.47. The van der Waals surface area contributed by atoms with E-state index in [0.717, 1.165) is 27.6 Å². The molecule has 0 amide bonds. The average Bonchev–Trinajstić information content (AvgIpc) is 3.27. The number of aliphatic carboxylic acids is 1. The van der Waals surface area contributed by atoms with Crippen molar-refractivity contribution in [3.63, 3.8) is 0 Å². The van der Waals surface area contributed by atoms with Gasteiger partial charge in [0.25, 0.3) is 0 Å². The molecule has 0 aliphatic heterocycles. The Hall–Kier alpha value is -3.79. The van der Waals surface area contributed by atoms with Gasteiger partial charge in [-0.2, -0.15) is 5.26 Å². The monoisotopic (exact) mass is 416 g/mol. The van der Waals surface area contributed by atoms with E-state index in [0.29, 0.717) is 16.6 Å². The molecule has 0 aliphatic carbocycles. The first-order valence-corrected chi connectivity index (χ1v) is 10.3. The molecule has 2 unspecified atom stereocenters. The molecule has 0 spiro atoms. The van der Waals surface area contributed by atoms with Crippen LogP contribution in [0, 0.1) is 25.2 Å². The van der Waals surface area contributed by atoms with Crippen LogP contribution in [0.25, 0.3) is 21.9 Å². The lowest BCUT2D eigenvalue weighted by atomic mass is 10.0. The number of aromatic amines is 1. The Labute approximate surface area is 179 Å². The zero-order valence-electron chi connectivity index (χ0n) is 17.9. The van der Waals surface area contributed by atoms with Gasteiger partial charge in [-0.1, -0.05) is 13.0 Å². The fraction of sp³-hybridized carbons (Fsp3) is 0.292. The van der Waals surface area contributed by atoms with Crippen molar-refractivity contribution in [2.24, 2.45) is 0 Å². The van der Waals surface area contributed by atoms with E-state index in [9.17, 15) is 20.0 Å². The molecule has 31 heavy (non-hydrogen) atoms. The Bertz CT molecular complexity index is 1430. The number of benzene rings is 2. The lowest BCUT2D eigenvalue weighted by Gasteiger charge is -2.15. The second-order valence-corrected chi connectivity index (χ2v) is 8.02. The smallest absolute Gasteiger partial charge is 0.330 e. The molecule has 2 heterocycles. The lowest BCUT2D eigenvalue weighted by molar-refractivity contribution is -0.141. The predicted molar refractivity (Wildman–Crippen MR) is 119 cm³/mol. The number of carboxylic acid groups (broad SMARTS) is 1. The molecule has 2 N–H and O–H groups in total. The van der Waals surface area contributed by atoms with Crippen molar-refractivity contribution in [3.05, 3.63) is 69.3 Å². The van der Waals surface area contributed by atoms with Gasteiger partial charge in [-0.05, 0) is 62.6 Å². The number of aryl methyl sites for hydroxylation is 2. The molecule has 4 rings (SSSR count). The summed E-state index contributed by atoms with van der Waals surface area (Å²) in [6.07, 6.45) is 2.17. The van der Waals surface area contributed by atoms with Crippen LogP contribution >= 0.6 is 0 Å². The van der Waals surface area contributed by atoms with Crippen LogP contribution in [0.4, 0.5) is 0 Å². The molecular formula is C24H24N4O3. The highest BCUT2D eigenvalue weighted by Gasteiger charge is 2.27. The van der Waals surface area contributed by atoms with Crippen LogP contribution in [0.15, 0.2) is 41.3 Å². The van der Waals surface area contributed by atoms with E-state index in [4.69, 9.17) is 0 Å². The number of nitrogens with one attached hydrogen (secondary N) is 1. The Morgan fingerprint density at radius 3 is 2.58 bits per heavy atom. The number of nitriles is 1. The second-order valence-electron chi connectivity index (χ2n) is 8.02. The van der Waals surface area contributed by atoms with Crippen LogP contribution in [0.3, 0.4) is 0 Å². The minimum absolute atomic E-state index is 0.255. The van der Waals surface area contributed by atoms with Crippen molar-refractivity contribution in [2.75, 3.05) is 0 Å². The Balaban J connectivity index is 2.03. The number of nitrogens with zero attached hydrogens (tertiary/aromatic N) is 3. The zero-order valence-corrected chi connectivity index (χ0v) is 17.9. The number of rotatable bonds is 5. The molecule has 2 aromatic carbocycles. The van der Waals surface area contributed by atoms with Gasteiger partial charge >= 0.3 is 11.7 Å². The third kappa shape index (κ3) is 3.12. The minimum Gasteiger partial charge on any atom is -0.480 e. The van der Waals surface area contributed by atoms with Crippen molar-refractivity contribution in [1.82, 2.24) is 14.1 Å². The van der Waals surface area contributed by atoms with Gasteiger partial charge in [0.2, 0.25) is 0 Å². The highest BCUT2D eigenvalue weighted by atomic mass is 16.4. The predicted octanol–water partition coefficient (Wildman–Crippen LogP) is 4.42. The van der Waals surface area contributed by atoms with Gasteiger partial charge in [-0.15, -0.1) is 0 Å². The Morgan fingerprint density at radius 2 is 1.94 bits per heavy atom. The maximum Gasteiger partial charge on any atom is 0.330 e. The number of aromatic nitrogens is 3. The molecule has 2 aromatic heterocycles. The molecule has 2 atom stereocenters. The number of carbonyl (C=O) groups is 1. The van der Waals surface area contributed by atoms with Crippen molar-refractivity contribution in [3.8, 4) is 6.07 Å². The van der Waals surface area contributed by atoms with Crippen molar-refractivity contribution < 1.29 is 9.90 Å². The van der Waals surface area contributed by atoms with Gasteiger partial charge in [0, 0.05) is 22.7 Å². The van der Waals surface area contributed by atoms with E-state index in [1.165, 1.54) is 4.57 Å². The van der Waals surface area contributed by atoms with E-state index in [1.54, 1.807) is 29.7 Å². The highest BCUT2D eigenvalue weighted by Crippen LogP contribution is 2.32. The minimum atomic E-state index is -1.07. The quantitative estimate of drug-likeness (QED) is 0.502. The number of H-pyrrole nitrogens is 1. The summed E-state index contributed by atoms with van der Waals surface area (Å²) >= 11 is 0. The fourth-order valence-corrected chi connectivity index (χ4v) is 4.62. The van der Waals surface area contributed by atoms with E-state index in [-0.39, 0.29) is 12.5 Å². The topological polar surface area (TPSA) is 104 Å². The summed E-state index contributed by atoms with van der Waals surface area (Å²) in [6, 6.07) is 9.87. The summed E-state index contributed by atoms with van der Waals surface area (Å²) in [4.78, 5) is 28.8. The number of hydrogen-bond acceptors (Lipinski definition) is 3. The number of imidazole rings is 1. The number of fused-ring (bicyclic) bond motifs is 2. The highest BCUT2D eigenvalue weighted by molar-refractivity contribution is 5.88. The SMILES string of the molecule is CCC(C(=O)O)n1c(=O)n(C(C)c2c[nH]c3cc(C)cc(C)c23)c2ccc(C#N)cc21. The molecule has 0 fully saturated rings. The third-order valence-corrected chi connectivity index (χ3v) is 6.01. The molecule has 7 heteroatoms. The molecule has 158 valence electrons. The van der Waals surface area contributed by atoms with E-state index >= 15 is 0 Å². The summed E-state index contributed by atoms with van der Waals surface area (Å²) < 4.78 is 2.94. The standard InChI is InChI=1S/C24H24N4O3/c1-5-19(23(29)30)28-21-10-16(11-25)6-7-20(21)27(24(28)31)15(4)17-12-26-18-9-13(2)8-14(3)22(17)18/h6-10,12,15,19,26H,5H2,1-4H3,(H,29,30). The van der Waals surface area contributed by atoms with E-state index in [1.807, 2.05) is 27.0 Å². The maximum absolute atomic E-state index is 13.6. The maximum atomic E-state index is 13.6. The molecule has 0 saturated heterocycles. The van der Waals surface area contributed by atoms with E-state index in [2.05, 4.69) is 23.2 Å². The van der Waals surface area contributed by atoms with E-state index < -0.39 is 17.7 Å². The van der Waals surface area contributed by atoms with Crippen LogP contribution in [0.1, 0.15) is 54.6 Å². The molecule has 0 aliphatic rings. The first kappa shape index (κ1) is 20.5. The molecular weight excluding hydrogens is 392 g/mol. The summed E-state index contributed by atoms with van der Waals surface area (Å²) in [5, 5.41) is 20.1. The summed E-state index contributed by atoms with van der Waals surface area (Å²) in [5.41, 5.74) is 5.26. The first-order valence-electron chi connectivity index (χ1n) is 10.3. The Morgan fingerprint density at radius 1 is 1.19 bits per heavy atom. The van der Waals surface area contributed by atoms with Crippen LogP contribution in [-0.2, 0) is 4.79 Å². The molecule has 0 bridgehead atoms. The Kier molecular flexibility index (Phi) is 4.94. The van der Waals surface area contributed by atoms with Crippen LogP contribution in [-0.4, -0.2) is 25.2 Å². The average molecular weight is 416 g/mol. The normalized spacial score (nSPS) is 13.4. The third-order valence-electron chi connectivity index (χ3n) is 6.01. The number of carboxylic acids is 1.